The van der Waals surface area contributed by atoms with Crippen LogP contribution in [-0.4, -0.2) is 5.78 Å². The molecule has 1 saturated carbocycles. The zero-order chi connectivity index (χ0) is 22.2. The number of carbonyl (C=O) groups is 1. The highest BCUT2D eigenvalue weighted by atomic mass is 16.1. The van der Waals surface area contributed by atoms with Crippen molar-refractivity contribution < 1.29 is 4.79 Å². The van der Waals surface area contributed by atoms with Gasteiger partial charge in [0.2, 0.25) is 0 Å². The smallest absolute Gasteiger partial charge is 0.193 e. The molecular weight excluding hydrogens is 364 g/mol. The third kappa shape index (κ3) is 9.28. The Hall–Kier alpha value is -1.89. The number of rotatable bonds is 4. The van der Waals surface area contributed by atoms with Gasteiger partial charge in [0.05, 0.1) is 0 Å². The van der Waals surface area contributed by atoms with Gasteiger partial charge in [-0.05, 0) is 35.2 Å². The van der Waals surface area contributed by atoms with E-state index in [-0.39, 0.29) is 11.2 Å². The molecule has 1 nitrogen and oxygen atoms in total. The van der Waals surface area contributed by atoms with E-state index in [4.69, 9.17) is 0 Å². The van der Waals surface area contributed by atoms with E-state index in [1.807, 2.05) is 42.5 Å². The summed E-state index contributed by atoms with van der Waals surface area (Å²) in [4.78, 5) is 12.2. The van der Waals surface area contributed by atoms with Gasteiger partial charge < -0.3 is 0 Å². The first-order valence-electron chi connectivity index (χ1n) is 11.7. The van der Waals surface area contributed by atoms with Gasteiger partial charge >= 0.3 is 0 Å². The van der Waals surface area contributed by atoms with Crippen LogP contribution in [0.15, 0.2) is 54.6 Å². The largest absolute Gasteiger partial charge is 0.289 e. The summed E-state index contributed by atoms with van der Waals surface area (Å²) in [6.07, 6.45) is 9.91. The maximum atomic E-state index is 12.2. The van der Waals surface area contributed by atoms with E-state index >= 15 is 0 Å². The Morgan fingerprint density at radius 2 is 1.27 bits per heavy atom. The van der Waals surface area contributed by atoms with Crippen molar-refractivity contribution in [3.63, 3.8) is 0 Å². The fourth-order valence-electron chi connectivity index (χ4n) is 4.40. The molecular formula is C29H42O. The summed E-state index contributed by atoms with van der Waals surface area (Å²) < 4.78 is 0. The molecule has 0 atom stereocenters. The Kier molecular flexibility index (Phi) is 8.89. The molecule has 0 bridgehead atoms. The van der Waals surface area contributed by atoms with Crippen LogP contribution in [0.2, 0.25) is 0 Å². The number of hydrogen-bond donors (Lipinski definition) is 0. The molecule has 30 heavy (non-hydrogen) atoms. The Morgan fingerprint density at radius 1 is 0.733 bits per heavy atom. The Labute approximate surface area is 185 Å². The van der Waals surface area contributed by atoms with Crippen LogP contribution in [0.3, 0.4) is 0 Å². The van der Waals surface area contributed by atoms with Crippen LogP contribution in [0.25, 0.3) is 0 Å². The van der Waals surface area contributed by atoms with E-state index in [9.17, 15) is 4.79 Å². The maximum Gasteiger partial charge on any atom is 0.193 e. The first-order chi connectivity index (χ1) is 14.0. The van der Waals surface area contributed by atoms with Crippen LogP contribution in [0, 0.1) is 16.7 Å². The van der Waals surface area contributed by atoms with Crippen molar-refractivity contribution in [1.29, 1.82) is 0 Å². The van der Waals surface area contributed by atoms with E-state index in [2.05, 4.69) is 53.7 Å². The lowest BCUT2D eigenvalue weighted by Gasteiger charge is -2.28. The molecule has 1 fully saturated rings. The summed E-state index contributed by atoms with van der Waals surface area (Å²) in [5, 5.41) is 0. The lowest BCUT2D eigenvalue weighted by molar-refractivity contribution is 0.103. The predicted molar refractivity (Wildman–Crippen MR) is 130 cm³/mol. The first-order valence-corrected chi connectivity index (χ1v) is 11.7. The second-order valence-corrected chi connectivity index (χ2v) is 11.4. The molecule has 164 valence electrons. The minimum Gasteiger partial charge on any atom is -0.289 e. The standard InChI is InChI=1S/C18H20O.C11H22/c1-18(2,3)13-14-9-11-16(12-10-14)17(19)15-7-5-4-6-8-15;1-11(2,3)9-10-7-5-4-6-8-10/h4-12H,13H2,1-3H3;10H,4-9H2,1-3H3. The van der Waals surface area contributed by atoms with Crippen LogP contribution < -0.4 is 0 Å². The fraction of sp³-hybridized carbons (Fsp3) is 0.552. The number of ketones is 1. The van der Waals surface area contributed by atoms with E-state index < -0.39 is 0 Å². The van der Waals surface area contributed by atoms with E-state index in [1.54, 1.807) is 0 Å². The van der Waals surface area contributed by atoms with Crippen LogP contribution >= 0.6 is 0 Å². The number of carbonyl (C=O) groups excluding carboxylic acids is 1. The lowest BCUT2D eigenvalue weighted by atomic mass is 9.78. The second kappa shape index (κ2) is 10.9. The molecule has 0 radical (unpaired) electrons. The summed E-state index contributed by atoms with van der Waals surface area (Å²) in [7, 11) is 0. The van der Waals surface area contributed by atoms with Crippen LogP contribution in [0.1, 0.15) is 102 Å². The molecule has 0 aliphatic heterocycles. The van der Waals surface area contributed by atoms with Crippen molar-refractivity contribution in [1.82, 2.24) is 0 Å². The summed E-state index contributed by atoms with van der Waals surface area (Å²) >= 11 is 0. The molecule has 0 saturated heterocycles. The molecule has 3 rings (SSSR count). The molecule has 0 heterocycles. The minimum atomic E-state index is 0.0860. The molecule has 0 aromatic heterocycles. The van der Waals surface area contributed by atoms with E-state index in [1.165, 1.54) is 44.1 Å². The summed E-state index contributed by atoms with van der Waals surface area (Å²) in [5.41, 5.74) is 3.60. The van der Waals surface area contributed by atoms with Gasteiger partial charge in [0.1, 0.15) is 0 Å². The van der Waals surface area contributed by atoms with Gasteiger partial charge in [-0.25, -0.2) is 0 Å². The van der Waals surface area contributed by atoms with Crippen molar-refractivity contribution in [3.05, 3.63) is 71.3 Å². The van der Waals surface area contributed by atoms with Gasteiger partial charge in [-0.3, -0.25) is 4.79 Å². The third-order valence-corrected chi connectivity index (χ3v) is 5.61. The van der Waals surface area contributed by atoms with Crippen LogP contribution in [0.4, 0.5) is 0 Å². The number of hydrogen-bond acceptors (Lipinski definition) is 1. The Morgan fingerprint density at radius 3 is 1.77 bits per heavy atom. The van der Waals surface area contributed by atoms with Gasteiger partial charge in [-0.1, -0.05) is 128 Å². The zero-order valence-corrected chi connectivity index (χ0v) is 20.1. The summed E-state index contributed by atoms with van der Waals surface area (Å²) in [5.74, 6) is 1.13. The molecule has 0 spiro atoms. The van der Waals surface area contributed by atoms with E-state index in [0.29, 0.717) is 5.41 Å². The zero-order valence-electron chi connectivity index (χ0n) is 20.1. The molecule has 0 unspecified atom stereocenters. The normalized spacial score (nSPS) is 15.3. The highest BCUT2D eigenvalue weighted by Crippen LogP contribution is 2.33. The molecule has 1 aliphatic carbocycles. The highest BCUT2D eigenvalue weighted by molar-refractivity contribution is 6.08. The fourth-order valence-corrected chi connectivity index (χ4v) is 4.40. The third-order valence-electron chi connectivity index (χ3n) is 5.61. The second-order valence-electron chi connectivity index (χ2n) is 11.4. The average Bonchev–Trinajstić information content (AvgIpc) is 2.67. The van der Waals surface area contributed by atoms with Crippen LogP contribution in [0.5, 0.6) is 0 Å². The summed E-state index contributed by atoms with van der Waals surface area (Å²) in [6.45, 7) is 13.7. The van der Waals surface area contributed by atoms with Crippen molar-refractivity contribution in [2.75, 3.05) is 0 Å². The van der Waals surface area contributed by atoms with Gasteiger partial charge in [0.25, 0.3) is 0 Å². The first kappa shape index (κ1) is 24.4. The maximum absolute atomic E-state index is 12.2. The van der Waals surface area contributed by atoms with Crippen molar-refractivity contribution in [2.24, 2.45) is 16.7 Å². The molecule has 1 aliphatic rings. The predicted octanol–water partition coefficient (Wildman–Crippen LogP) is 8.51. The van der Waals surface area contributed by atoms with E-state index in [0.717, 1.165) is 23.5 Å². The van der Waals surface area contributed by atoms with Gasteiger partial charge in [-0.2, -0.15) is 0 Å². The SMILES string of the molecule is CC(C)(C)CC1CCCCC1.CC(C)(C)Cc1ccc(C(=O)c2ccccc2)cc1. The minimum absolute atomic E-state index is 0.0860. The molecule has 0 N–H and O–H groups in total. The van der Waals surface area contributed by atoms with Gasteiger partial charge in [-0.15, -0.1) is 0 Å². The lowest BCUT2D eigenvalue weighted by Crippen LogP contribution is -2.15. The Balaban J connectivity index is 0.000000248. The average molecular weight is 407 g/mol. The topological polar surface area (TPSA) is 17.1 Å². The van der Waals surface area contributed by atoms with Crippen molar-refractivity contribution >= 4 is 5.78 Å². The quantitative estimate of drug-likeness (QED) is 0.465. The van der Waals surface area contributed by atoms with Crippen molar-refractivity contribution in [3.8, 4) is 0 Å². The highest BCUT2D eigenvalue weighted by Gasteiger charge is 2.20. The monoisotopic (exact) mass is 406 g/mol. The summed E-state index contributed by atoms with van der Waals surface area (Å²) in [6, 6.07) is 17.4. The van der Waals surface area contributed by atoms with Crippen molar-refractivity contribution in [2.45, 2.75) is 86.5 Å². The molecule has 2 aromatic carbocycles. The Bertz CT molecular complexity index is 751. The van der Waals surface area contributed by atoms with Gasteiger partial charge in [0, 0.05) is 11.1 Å². The van der Waals surface area contributed by atoms with Crippen LogP contribution in [-0.2, 0) is 6.42 Å². The van der Waals surface area contributed by atoms with Gasteiger partial charge in [0.15, 0.2) is 5.78 Å². The molecule has 1 heteroatoms. The number of benzene rings is 2. The molecule has 0 amide bonds. The molecule has 2 aromatic rings.